The van der Waals surface area contributed by atoms with Crippen LogP contribution in [-0.4, -0.2) is 33.9 Å². The smallest absolute Gasteiger partial charge is 0.253 e. The lowest BCUT2D eigenvalue weighted by Crippen LogP contribution is -2.27. The van der Waals surface area contributed by atoms with Crippen LogP contribution in [0.4, 0.5) is 0 Å². The Labute approximate surface area is 158 Å². The first-order valence-electron chi connectivity index (χ1n) is 9.16. The topological polar surface area (TPSA) is 55.3 Å². The maximum atomic E-state index is 12.6. The highest BCUT2D eigenvalue weighted by molar-refractivity contribution is 5.94. The summed E-state index contributed by atoms with van der Waals surface area (Å²) >= 11 is 0. The van der Waals surface area contributed by atoms with Crippen molar-refractivity contribution in [1.29, 1.82) is 0 Å². The lowest BCUT2D eigenvalue weighted by atomic mass is 10.1. The average molecular weight is 359 g/mol. The zero-order valence-corrected chi connectivity index (χ0v) is 15.3. The van der Waals surface area contributed by atoms with Gasteiger partial charge < -0.3 is 9.64 Å². The van der Waals surface area contributed by atoms with Gasteiger partial charge in [0, 0.05) is 36.5 Å². The fourth-order valence-corrected chi connectivity index (χ4v) is 3.16. The van der Waals surface area contributed by atoms with Crippen molar-refractivity contribution in [1.82, 2.24) is 14.9 Å². The predicted octanol–water partition coefficient (Wildman–Crippen LogP) is 4.48. The molecule has 5 heteroatoms. The van der Waals surface area contributed by atoms with Gasteiger partial charge in [-0.3, -0.25) is 4.79 Å². The first-order valence-corrected chi connectivity index (χ1v) is 9.16. The van der Waals surface area contributed by atoms with Crippen LogP contribution < -0.4 is 4.74 Å². The molecular formula is C22H21N3O2. The fraction of sp³-hybridized carbons (Fsp3) is 0.227. The van der Waals surface area contributed by atoms with Crippen LogP contribution in [0, 0.1) is 6.92 Å². The first kappa shape index (κ1) is 17.2. The summed E-state index contributed by atoms with van der Waals surface area (Å²) < 4.78 is 5.90. The summed E-state index contributed by atoms with van der Waals surface area (Å²) in [5, 5.41) is 0. The maximum Gasteiger partial charge on any atom is 0.253 e. The summed E-state index contributed by atoms with van der Waals surface area (Å²) in [7, 11) is 0. The van der Waals surface area contributed by atoms with Crippen molar-refractivity contribution in [3.63, 3.8) is 0 Å². The van der Waals surface area contributed by atoms with Gasteiger partial charge in [-0.25, -0.2) is 4.98 Å². The van der Waals surface area contributed by atoms with Crippen molar-refractivity contribution in [2.24, 2.45) is 0 Å². The third-order valence-corrected chi connectivity index (χ3v) is 4.64. The molecule has 5 nitrogen and oxygen atoms in total. The summed E-state index contributed by atoms with van der Waals surface area (Å²) in [5.74, 6) is 1.71. The Balaban J connectivity index is 1.54. The molecule has 0 bridgehead atoms. The van der Waals surface area contributed by atoms with E-state index in [0.717, 1.165) is 31.5 Å². The SMILES string of the molecule is Cc1ccc(-c2nccc(Oc3cccc(C(=O)N4CCCC4)c3)n2)cc1. The minimum atomic E-state index is 0.0565. The van der Waals surface area contributed by atoms with Crippen molar-refractivity contribution < 1.29 is 9.53 Å². The number of carbonyl (C=O) groups excluding carboxylic acids is 1. The number of nitrogens with zero attached hydrogens (tertiary/aromatic N) is 3. The molecule has 27 heavy (non-hydrogen) atoms. The molecule has 0 radical (unpaired) electrons. The van der Waals surface area contributed by atoms with E-state index in [0.29, 0.717) is 23.0 Å². The second-order valence-corrected chi connectivity index (χ2v) is 6.71. The lowest BCUT2D eigenvalue weighted by molar-refractivity contribution is 0.0792. The number of carbonyl (C=O) groups is 1. The van der Waals surface area contributed by atoms with Gasteiger partial charge >= 0.3 is 0 Å². The van der Waals surface area contributed by atoms with Crippen LogP contribution in [0.3, 0.4) is 0 Å². The third kappa shape index (κ3) is 3.97. The third-order valence-electron chi connectivity index (χ3n) is 4.64. The van der Waals surface area contributed by atoms with Gasteiger partial charge in [0.1, 0.15) is 5.75 Å². The lowest BCUT2D eigenvalue weighted by Gasteiger charge is -2.15. The number of rotatable bonds is 4. The van der Waals surface area contributed by atoms with Crippen molar-refractivity contribution in [2.45, 2.75) is 19.8 Å². The Morgan fingerprint density at radius 2 is 1.81 bits per heavy atom. The highest BCUT2D eigenvalue weighted by Gasteiger charge is 2.19. The molecule has 4 rings (SSSR count). The quantitative estimate of drug-likeness (QED) is 0.689. The second-order valence-electron chi connectivity index (χ2n) is 6.71. The van der Waals surface area contributed by atoms with E-state index in [1.54, 1.807) is 18.3 Å². The number of ether oxygens (including phenoxy) is 1. The summed E-state index contributed by atoms with van der Waals surface area (Å²) in [6.07, 6.45) is 3.83. The van der Waals surface area contributed by atoms with Crippen LogP contribution in [0.5, 0.6) is 11.6 Å². The van der Waals surface area contributed by atoms with Crippen LogP contribution in [-0.2, 0) is 0 Å². The molecule has 1 aromatic heterocycles. The molecule has 1 saturated heterocycles. The van der Waals surface area contributed by atoms with Gasteiger partial charge in [0.15, 0.2) is 5.82 Å². The average Bonchev–Trinajstić information content (AvgIpc) is 3.23. The molecule has 0 aliphatic carbocycles. The van der Waals surface area contributed by atoms with Crippen LogP contribution in [0.1, 0.15) is 28.8 Å². The van der Waals surface area contributed by atoms with E-state index < -0.39 is 0 Å². The molecular weight excluding hydrogens is 338 g/mol. The highest BCUT2D eigenvalue weighted by atomic mass is 16.5. The molecule has 3 aromatic rings. The Kier molecular flexibility index (Phi) is 4.83. The monoisotopic (exact) mass is 359 g/mol. The Hall–Kier alpha value is -3.21. The number of amides is 1. The molecule has 0 spiro atoms. The summed E-state index contributed by atoms with van der Waals surface area (Å²) in [6, 6.07) is 17.0. The largest absolute Gasteiger partial charge is 0.439 e. The normalized spacial score (nSPS) is 13.6. The van der Waals surface area contributed by atoms with Crippen LogP contribution in [0.25, 0.3) is 11.4 Å². The molecule has 1 aliphatic rings. The molecule has 1 fully saturated rings. The second kappa shape index (κ2) is 7.58. The van der Waals surface area contributed by atoms with E-state index in [4.69, 9.17) is 4.74 Å². The van der Waals surface area contributed by atoms with Gasteiger partial charge in [0.2, 0.25) is 5.88 Å². The van der Waals surface area contributed by atoms with Gasteiger partial charge in [0.25, 0.3) is 5.91 Å². The van der Waals surface area contributed by atoms with Crippen molar-refractivity contribution in [2.75, 3.05) is 13.1 Å². The molecule has 1 aliphatic heterocycles. The van der Waals surface area contributed by atoms with Crippen molar-refractivity contribution in [3.8, 4) is 23.0 Å². The first-order chi connectivity index (χ1) is 13.2. The minimum absolute atomic E-state index is 0.0565. The zero-order chi connectivity index (χ0) is 18.6. The van der Waals surface area contributed by atoms with Crippen LogP contribution in [0.15, 0.2) is 60.8 Å². The van der Waals surface area contributed by atoms with Gasteiger partial charge in [-0.2, -0.15) is 4.98 Å². The van der Waals surface area contributed by atoms with E-state index in [2.05, 4.69) is 9.97 Å². The number of hydrogen-bond donors (Lipinski definition) is 0. The number of likely N-dealkylation sites (tertiary alicyclic amines) is 1. The van der Waals surface area contributed by atoms with Gasteiger partial charge in [-0.15, -0.1) is 0 Å². The number of aryl methyl sites for hydroxylation is 1. The molecule has 2 aromatic carbocycles. The van der Waals surface area contributed by atoms with Gasteiger partial charge in [0.05, 0.1) is 0 Å². The van der Waals surface area contributed by atoms with Crippen LogP contribution in [0.2, 0.25) is 0 Å². The zero-order valence-electron chi connectivity index (χ0n) is 15.3. The van der Waals surface area contributed by atoms with Gasteiger partial charge in [-0.1, -0.05) is 35.9 Å². The highest BCUT2D eigenvalue weighted by Crippen LogP contribution is 2.24. The summed E-state index contributed by atoms with van der Waals surface area (Å²) in [6.45, 7) is 3.70. The van der Waals surface area contributed by atoms with E-state index in [9.17, 15) is 4.79 Å². The Bertz CT molecular complexity index is 948. The molecule has 0 saturated carbocycles. The van der Waals surface area contributed by atoms with E-state index in [1.807, 2.05) is 54.3 Å². The fourth-order valence-electron chi connectivity index (χ4n) is 3.16. The van der Waals surface area contributed by atoms with Crippen molar-refractivity contribution in [3.05, 3.63) is 71.9 Å². The molecule has 136 valence electrons. The van der Waals surface area contributed by atoms with E-state index in [-0.39, 0.29) is 5.91 Å². The van der Waals surface area contributed by atoms with E-state index >= 15 is 0 Å². The Morgan fingerprint density at radius 3 is 2.59 bits per heavy atom. The number of benzene rings is 2. The number of hydrogen-bond acceptors (Lipinski definition) is 4. The molecule has 0 unspecified atom stereocenters. The maximum absolute atomic E-state index is 12.6. The summed E-state index contributed by atoms with van der Waals surface area (Å²) in [4.78, 5) is 23.3. The molecule has 2 heterocycles. The minimum Gasteiger partial charge on any atom is -0.439 e. The number of aromatic nitrogens is 2. The molecule has 1 amide bonds. The van der Waals surface area contributed by atoms with Crippen molar-refractivity contribution >= 4 is 5.91 Å². The summed E-state index contributed by atoms with van der Waals surface area (Å²) in [5.41, 5.74) is 2.76. The molecule has 0 atom stereocenters. The van der Waals surface area contributed by atoms with Crippen LogP contribution >= 0.6 is 0 Å². The van der Waals surface area contributed by atoms with E-state index in [1.165, 1.54) is 5.56 Å². The predicted molar refractivity (Wildman–Crippen MR) is 104 cm³/mol. The van der Waals surface area contributed by atoms with Gasteiger partial charge in [-0.05, 0) is 38.0 Å². The standard InChI is InChI=1S/C22H21N3O2/c1-16-7-9-17(10-8-16)21-23-12-11-20(24-21)27-19-6-4-5-18(15-19)22(26)25-13-2-3-14-25/h4-12,15H,2-3,13-14H2,1H3. The Morgan fingerprint density at radius 1 is 1.04 bits per heavy atom. The molecule has 0 N–H and O–H groups in total.